The normalized spacial score (nSPS) is 10.8. The lowest BCUT2D eigenvalue weighted by molar-refractivity contribution is 0.0528. The first kappa shape index (κ1) is 15.9. The molecule has 0 saturated carbocycles. The highest BCUT2D eigenvalue weighted by Gasteiger charge is 2.26. The summed E-state index contributed by atoms with van der Waals surface area (Å²) >= 11 is 0. The van der Waals surface area contributed by atoms with Gasteiger partial charge in [-0.3, -0.25) is 0 Å². The van der Waals surface area contributed by atoms with E-state index in [1.54, 1.807) is 6.92 Å². The third kappa shape index (κ3) is 2.69. The Kier molecular flexibility index (Phi) is 4.10. The van der Waals surface area contributed by atoms with Crippen LogP contribution < -0.4 is 0 Å². The van der Waals surface area contributed by atoms with Crippen LogP contribution in [0.4, 0.5) is 0 Å². The van der Waals surface area contributed by atoms with Gasteiger partial charge in [-0.1, -0.05) is 60.7 Å². The largest absolute Gasteiger partial charge is 0.462 e. The monoisotopic (exact) mass is 345 g/mol. The van der Waals surface area contributed by atoms with Gasteiger partial charge in [-0.05, 0) is 22.9 Å². The summed E-state index contributed by atoms with van der Waals surface area (Å²) in [6.07, 6.45) is 0. The highest BCUT2D eigenvalue weighted by Crippen LogP contribution is 2.35. The summed E-state index contributed by atoms with van der Waals surface area (Å²) in [5.41, 5.74) is 3.53. The minimum absolute atomic E-state index is 0.254. The van der Waals surface area contributed by atoms with Gasteiger partial charge in [0.2, 0.25) is 5.65 Å². The van der Waals surface area contributed by atoms with Crippen LogP contribution in [0, 0.1) is 0 Å². The van der Waals surface area contributed by atoms with E-state index in [0.717, 1.165) is 11.1 Å². The third-order valence-corrected chi connectivity index (χ3v) is 3.95. The van der Waals surface area contributed by atoms with Crippen LogP contribution in [0.2, 0.25) is 0 Å². The van der Waals surface area contributed by atoms with Crippen LogP contribution >= 0.6 is 0 Å². The number of tetrazole rings is 1. The molecule has 0 amide bonds. The van der Waals surface area contributed by atoms with Crippen LogP contribution in [0.5, 0.6) is 0 Å². The molecule has 0 radical (unpaired) electrons. The molecule has 0 spiro atoms. The first-order valence-electron chi connectivity index (χ1n) is 8.20. The fraction of sp³-hybridized carbons (Fsp3) is 0.105. The van der Waals surface area contributed by atoms with Crippen molar-refractivity contribution in [3.05, 3.63) is 66.2 Å². The Bertz CT molecular complexity index is 1060. The topological polar surface area (TPSA) is 82.3 Å². The highest BCUT2D eigenvalue weighted by atomic mass is 16.5. The van der Waals surface area contributed by atoms with E-state index >= 15 is 0 Å². The molecule has 0 bridgehead atoms. The molecule has 2 heterocycles. The number of benzene rings is 2. The molecule has 4 rings (SSSR count). The fourth-order valence-corrected chi connectivity index (χ4v) is 2.86. The molecule has 0 saturated heterocycles. The molecule has 0 N–H and O–H groups in total. The van der Waals surface area contributed by atoms with Gasteiger partial charge in [-0.2, -0.15) is 0 Å². The van der Waals surface area contributed by atoms with Crippen molar-refractivity contribution in [1.29, 1.82) is 0 Å². The summed E-state index contributed by atoms with van der Waals surface area (Å²) in [5.74, 6) is -0.481. The second-order valence-corrected chi connectivity index (χ2v) is 5.54. The smallest absolute Gasteiger partial charge is 0.342 e. The quantitative estimate of drug-likeness (QED) is 0.529. The van der Waals surface area contributed by atoms with Crippen LogP contribution in [-0.2, 0) is 4.74 Å². The minimum atomic E-state index is -0.481. The maximum atomic E-state index is 12.8. The summed E-state index contributed by atoms with van der Waals surface area (Å²) in [4.78, 5) is 12.8. The minimum Gasteiger partial charge on any atom is -0.462 e. The van der Waals surface area contributed by atoms with Gasteiger partial charge in [0.1, 0.15) is 11.3 Å². The molecule has 7 nitrogen and oxygen atoms in total. The number of carbonyl (C=O) groups is 1. The number of rotatable bonds is 4. The second-order valence-electron chi connectivity index (χ2n) is 5.54. The Labute approximate surface area is 149 Å². The summed E-state index contributed by atoms with van der Waals surface area (Å²) < 4.78 is 6.55. The van der Waals surface area contributed by atoms with Crippen molar-refractivity contribution in [3.63, 3.8) is 0 Å². The number of fused-ring (bicyclic) bond motifs is 1. The molecule has 2 aromatic carbocycles. The van der Waals surface area contributed by atoms with Crippen LogP contribution in [-0.4, -0.2) is 37.8 Å². The first-order valence-corrected chi connectivity index (χ1v) is 8.20. The van der Waals surface area contributed by atoms with Crippen LogP contribution in [0.25, 0.3) is 28.0 Å². The van der Waals surface area contributed by atoms with Crippen LogP contribution in [0.1, 0.15) is 17.3 Å². The van der Waals surface area contributed by atoms with E-state index < -0.39 is 5.97 Å². The molecule has 0 aliphatic carbocycles. The zero-order valence-electron chi connectivity index (χ0n) is 14.0. The van der Waals surface area contributed by atoms with E-state index in [2.05, 4.69) is 20.6 Å². The van der Waals surface area contributed by atoms with Crippen molar-refractivity contribution in [2.75, 3.05) is 6.61 Å². The fourth-order valence-electron chi connectivity index (χ4n) is 2.86. The third-order valence-electron chi connectivity index (χ3n) is 3.95. The Balaban J connectivity index is 2.11. The number of nitrogens with zero attached hydrogens (tertiary/aromatic N) is 5. The van der Waals surface area contributed by atoms with Gasteiger partial charge in [-0.25, -0.2) is 4.79 Å². The van der Waals surface area contributed by atoms with Crippen molar-refractivity contribution >= 4 is 11.6 Å². The van der Waals surface area contributed by atoms with Crippen molar-refractivity contribution in [3.8, 4) is 22.4 Å². The summed E-state index contributed by atoms with van der Waals surface area (Å²) in [6.45, 7) is 2.02. The number of aromatic nitrogens is 5. The van der Waals surface area contributed by atoms with Crippen LogP contribution in [0.15, 0.2) is 60.7 Å². The summed E-state index contributed by atoms with van der Waals surface area (Å²) in [6, 6.07) is 19.2. The molecule has 0 fully saturated rings. The molecule has 4 aromatic rings. The maximum Gasteiger partial charge on any atom is 0.342 e. The van der Waals surface area contributed by atoms with Gasteiger partial charge in [0.25, 0.3) is 0 Å². The number of hydrogen-bond acceptors (Lipinski definition) is 6. The van der Waals surface area contributed by atoms with Crippen molar-refractivity contribution in [2.24, 2.45) is 0 Å². The number of carbonyl (C=O) groups excluding carboxylic acids is 1. The molecule has 0 atom stereocenters. The molecule has 128 valence electrons. The Morgan fingerprint density at radius 2 is 1.65 bits per heavy atom. The van der Waals surface area contributed by atoms with Gasteiger partial charge in [0, 0.05) is 11.1 Å². The highest BCUT2D eigenvalue weighted by molar-refractivity contribution is 6.06. The van der Waals surface area contributed by atoms with E-state index in [1.807, 2.05) is 60.7 Å². The van der Waals surface area contributed by atoms with E-state index in [4.69, 9.17) is 4.74 Å². The summed E-state index contributed by atoms with van der Waals surface area (Å²) in [5, 5.41) is 16.1. The van der Waals surface area contributed by atoms with E-state index in [-0.39, 0.29) is 12.3 Å². The molecular formula is C19H15N5O2. The molecule has 7 heteroatoms. The SMILES string of the molecule is CCOC(=O)c1c(-c2ccccc2)c(-c2ccccc2)nn2nnnc12. The van der Waals surface area contributed by atoms with Gasteiger partial charge in [-0.15, -0.1) is 14.8 Å². The average molecular weight is 345 g/mol. The number of ether oxygens (including phenoxy) is 1. The van der Waals surface area contributed by atoms with Gasteiger partial charge in [0.15, 0.2) is 0 Å². The predicted molar refractivity (Wildman–Crippen MR) is 95.4 cm³/mol. The lowest BCUT2D eigenvalue weighted by atomic mass is 9.95. The lowest BCUT2D eigenvalue weighted by Gasteiger charge is -2.14. The maximum absolute atomic E-state index is 12.8. The molecule has 26 heavy (non-hydrogen) atoms. The van der Waals surface area contributed by atoms with Crippen molar-refractivity contribution in [1.82, 2.24) is 25.3 Å². The second kappa shape index (κ2) is 6.72. The Hall–Kier alpha value is -3.61. The predicted octanol–water partition coefficient (Wildman–Crippen LogP) is 3.03. The number of hydrogen-bond donors (Lipinski definition) is 0. The average Bonchev–Trinajstić information content (AvgIpc) is 3.16. The zero-order chi connectivity index (χ0) is 17.9. The lowest BCUT2D eigenvalue weighted by Crippen LogP contribution is -2.13. The van der Waals surface area contributed by atoms with Crippen LogP contribution in [0.3, 0.4) is 0 Å². The Morgan fingerprint density at radius 1 is 1.00 bits per heavy atom. The zero-order valence-corrected chi connectivity index (χ0v) is 14.0. The molecule has 0 aliphatic rings. The van der Waals surface area contributed by atoms with Gasteiger partial charge in [0.05, 0.1) is 6.61 Å². The number of esters is 1. The van der Waals surface area contributed by atoms with E-state index in [0.29, 0.717) is 16.8 Å². The molecular weight excluding hydrogens is 330 g/mol. The summed E-state index contributed by atoms with van der Waals surface area (Å²) in [7, 11) is 0. The Morgan fingerprint density at radius 3 is 2.31 bits per heavy atom. The van der Waals surface area contributed by atoms with E-state index in [9.17, 15) is 4.79 Å². The van der Waals surface area contributed by atoms with Crippen molar-refractivity contribution < 1.29 is 9.53 Å². The molecule has 2 aromatic heterocycles. The first-order chi connectivity index (χ1) is 12.8. The molecule has 0 aliphatic heterocycles. The van der Waals surface area contributed by atoms with Crippen molar-refractivity contribution in [2.45, 2.75) is 6.92 Å². The molecule has 0 unspecified atom stereocenters. The van der Waals surface area contributed by atoms with Gasteiger partial charge < -0.3 is 4.74 Å². The van der Waals surface area contributed by atoms with Gasteiger partial charge >= 0.3 is 5.97 Å². The van der Waals surface area contributed by atoms with E-state index in [1.165, 1.54) is 4.63 Å². The standard InChI is InChI=1S/C19H15N5O2/c1-2-26-19(25)16-15(13-9-5-3-6-10-13)17(14-11-7-4-8-12-14)21-24-18(16)20-22-23-24/h3-12H,2H2,1H3.